The number of halogens is 4. The van der Waals surface area contributed by atoms with E-state index in [1.807, 2.05) is 0 Å². The van der Waals surface area contributed by atoms with Crippen LogP contribution in [0.2, 0.25) is 0 Å². The Kier molecular flexibility index (Phi) is 3.10. The lowest BCUT2D eigenvalue weighted by atomic mass is 10.3. The van der Waals surface area contributed by atoms with Crippen molar-refractivity contribution < 1.29 is 27.4 Å². The van der Waals surface area contributed by atoms with Gasteiger partial charge in [-0.25, -0.2) is 13.2 Å². The van der Waals surface area contributed by atoms with Crippen molar-refractivity contribution in [1.82, 2.24) is 0 Å². The van der Waals surface area contributed by atoms with E-state index in [4.69, 9.17) is 9.84 Å². The maximum atomic E-state index is 13.3. The van der Waals surface area contributed by atoms with Crippen LogP contribution < -0.4 is 4.74 Å². The summed E-state index contributed by atoms with van der Waals surface area (Å²) in [5.74, 6) is -6.24. The van der Waals surface area contributed by atoms with Crippen LogP contribution in [-0.4, -0.2) is 5.11 Å². The molecule has 2 aromatic carbocycles. The van der Waals surface area contributed by atoms with Crippen molar-refractivity contribution in [3.05, 3.63) is 53.6 Å². The molecule has 0 spiro atoms. The van der Waals surface area contributed by atoms with Crippen LogP contribution in [0.1, 0.15) is 0 Å². The molecule has 1 N–H and O–H groups in total. The summed E-state index contributed by atoms with van der Waals surface area (Å²) in [6.07, 6.45) is 0. The van der Waals surface area contributed by atoms with E-state index >= 15 is 0 Å². The van der Waals surface area contributed by atoms with Crippen LogP contribution in [0.25, 0.3) is 0 Å². The topological polar surface area (TPSA) is 29.5 Å². The first-order chi connectivity index (χ1) is 8.47. The number of ether oxygens (including phenoxy) is 1. The third kappa shape index (κ3) is 2.37. The van der Waals surface area contributed by atoms with Gasteiger partial charge in [-0.2, -0.15) is 4.39 Å². The lowest BCUT2D eigenvalue weighted by molar-refractivity contribution is 0.377. The van der Waals surface area contributed by atoms with Crippen LogP contribution in [0.4, 0.5) is 17.6 Å². The van der Waals surface area contributed by atoms with Gasteiger partial charge in [0, 0.05) is 18.2 Å². The molecule has 0 radical (unpaired) electrons. The fourth-order valence-corrected chi connectivity index (χ4v) is 1.30. The van der Waals surface area contributed by atoms with Crippen molar-refractivity contribution in [2.24, 2.45) is 0 Å². The summed E-state index contributed by atoms with van der Waals surface area (Å²) in [5, 5.41) is 9.02. The Balaban J connectivity index is 2.40. The average Bonchev–Trinajstić information content (AvgIpc) is 2.29. The lowest BCUT2D eigenvalue weighted by Crippen LogP contribution is -1.93. The summed E-state index contributed by atoms with van der Waals surface area (Å²) in [6, 6.07) is 3.54. The number of benzene rings is 2. The highest BCUT2D eigenvalue weighted by Crippen LogP contribution is 2.32. The van der Waals surface area contributed by atoms with E-state index in [1.165, 1.54) is 0 Å². The summed E-state index contributed by atoms with van der Waals surface area (Å²) < 4.78 is 56.8. The van der Waals surface area contributed by atoms with Gasteiger partial charge >= 0.3 is 0 Å². The quantitative estimate of drug-likeness (QED) is 0.831. The largest absolute Gasteiger partial charge is 0.505 e. The minimum Gasteiger partial charge on any atom is -0.505 e. The molecular weight excluding hydrogens is 252 g/mol. The van der Waals surface area contributed by atoms with Crippen molar-refractivity contribution in [2.75, 3.05) is 0 Å². The average molecular weight is 258 g/mol. The fourth-order valence-electron chi connectivity index (χ4n) is 1.30. The normalized spacial score (nSPS) is 10.4. The Bertz CT molecular complexity index is 599. The van der Waals surface area contributed by atoms with E-state index in [0.717, 1.165) is 12.1 Å². The zero-order valence-electron chi connectivity index (χ0n) is 8.75. The Hall–Kier alpha value is -2.24. The minimum atomic E-state index is -1.24. The molecular formula is C12H6F4O2. The molecule has 0 saturated heterocycles. The molecule has 2 rings (SSSR count). The van der Waals surface area contributed by atoms with Crippen LogP contribution in [0.3, 0.4) is 0 Å². The molecule has 6 heteroatoms. The zero-order valence-corrected chi connectivity index (χ0v) is 8.75. The summed E-state index contributed by atoms with van der Waals surface area (Å²) in [7, 11) is 0. The van der Waals surface area contributed by atoms with Crippen molar-refractivity contribution in [1.29, 1.82) is 0 Å². The predicted molar refractivity (Wildman–Crippen MR) is 54.5 cm³/mol. The second-order valence-electron chi connectivity index (χ2n) is 3.41. The molecule has 0 fully saturated rings. The van der Waals surface area contributed by atoms with Gasteiger partial charge in [0.1, 0.15) is 11.6 Å². The number of rotatable bonds is 2. The molecule has 0 heterocycles. The third-order valence-electron chi connectivity index (χ3n) is 2.10. The van der Waals surface area contributed by atoms with E-state index in [2.05, 4.69) is 0 Å². The van der Waals surface area contributed by atoms with Crippen LogP contribution in [0.5, 0.6) is 17.2 Å². The zero-order chi connectivity index (χ0) is 13.3. The highest BCUT2D eigenvalue weighted by Gasteiger charge is 2.14. The predicted octanol–water partition coefficient (Wildman–Crippen LogP) is 3.74. The van der Waals surface area contributed by atoms with Crippen molar-refractivity contribution >= 4 is 0 Å². The van der Waals surface area contributed by atoms with Gasteiger partial charge in [-0.1, -0.05) is 0 Å². The Morgan fingerprint density at radius 3 is 2.22 bits per heavy atom. The molecule has 0 aliphatic carbocycles. The number of aromatic hydroxyl groups is 1. The standard InChI is InChI=1S/C12H6F4O2/c13-6-1-2-10(8(15)3-6)18-11-5-7(14)4-9(17)12(11)16/h1-5,17H. The molecule has 0 amide bonds. The first-order valence-electron chi connectivity index (χ1n) is 4.78. The number of phenols is 1. The molecule has 2 aromatic rings. The molecule has 0 aromatic heterocycles. The highest BCUT2D eigenvalue weighted by atomic mass is 19.1. The molecule has 0 atom stereocenters. The summed E-state index contributed by atoms with van der Waals surface area (Å²) in [6.45, 7) is 0. The van der Waals surface area contributed by atoms with Crippen LogP contribution in [0, 0.1) is 23.3 Å². The van der Waals surface area contributed by atoms with Gasteiger partial charge < -0.3 is 9.84 Å². The van der Waals surface area contributed by atoms with Crippen molar-refractivity contribution in [2.45, 2.75) is 0 Å². The molecule has 0 saturated carbocycles. The molecule has 0 unspecified atom stereocenters. The second-order valence-corrected chi connectivity index (χ2v) is 3.41. The van der Waals surface area contributed by atoms with E-state index in [-0.39, 0.29) is 0 Å². The molecule has 18 heavy (non-hydrogen) atoms. The highest BCUT2D eigenvalue weighted by molar-refractivity contribution is 5.39. The molecule has 0 bridgehead atoms. The Labute approximate surface area is 99.1 Å². The number of hydrogen-bond donors (Lipinski definition) is 1. The maximum Gasteiger partial charge on any atom is 0.207 e. The maximum absolute atomic E-state index is 13.3. The van der Waals surface area contributed by atoms with Gasteiger partial charge in [0.15, 0.2) is 23.1 Å². The SMILES string of the molecule is Oc1cc(F)cc(Oc2ccc(F)cc2F)c1F. The van der Waals surface area contributed by atoms with E-state index in [0.29, 0.717) is 18.2 Å². The van der Waals surface area contributed by atoms with Crippen molar-refractivity contribution in [3.8, 4) is 17.2 Å². The first kappa shape index (κ1) is 12.2. The first-order valence-corrected chi connectivity index (χ1v) is 4.78. The lowest BCUT2D eigenvalue weighted by Gasteiger charge is -2.08. The molecule has 94 valence electrons. The van der Waals surface area contributed by atoms with Gasteiger partial charge in [0.05, 0.1) is 0 Å². The van der Waals surface area contributed by atoms with E-state index < -0.39 is 40.5 Å². The van der Waals surface area contributed by atoms with Gasteiger partial charge in [-0.3, -0.25) is 0 Å². The molecule has 2 nitrogen and oxygen atoms in total. The van der Waals surface area contributed by atoms with Crippen molar-refractivity contribution in [3.63, 3.8) is 0 Å². The molecule has 0 aliphatic rings. The minimum absolute atomic E-state index is 0.486. The van der Waals surface area contributed by atoms with Gasteiger partial charge in [0.25, 0.3) is 0 Å². The van der Waals surface area contributed by atoms with Crippen LogP contribution >= 0.6 is 0 Å². The van der Waals surface area contributed by atoms with Crippen LogP contribution in [-0.2, 0) is 0 Å². The fraction of sp³-hybridized carbons (Fsp3) is 0. The number of hydrogen-bond acceptors (Lipinski definition) is 2. The van der Waals surface area contributed by atoms with E-state index in [1.54, 1.807) is 0 Å². The van der Waals surface area contributed by atoms with Gasteiger partial charge in [-0.05, 0) is 12.1 Å². The Morgan fingerprint density at radius 2 is 1.56 bits per heavy atom. The smallest absolute Gasteiger partial charge is 0.207 e. The van der Waals surface area contributed by atoms with Crippen LogP contribution in [0.15, 0.2) is 30.3 Å². The van der Waals surface area contributed by atoms with Gasteiger partial charge in [-0.15, -0.1) is 0 Å². The second kappa shape index (κ2) is 4.56. The Morgan fingerprint density at radius 1 is 0.833 bits per heavy atom. The van der Waals surface area contributed by atoms with Gasteiger partial charge in [0.2, 0.25) is 5.82 Å². The van der Waals surface area contributed by atoms with E-state index in [9.17, 15) is 17.6 Å². The summed E-state index contributed by atoms with van der Waals surface area (Å²) in [5.41, 5.74) is 0. The monoisotopic (exact) mass is 258 g/mol. The number of phenolic OH excluding ortho intramolecular Hbond substituents is 1. The third-order valence-corrected chi connectivity index (χ3v) is 2.10. The summed E-state index contributed by atoms with van der Waals surface area (Å²) in [4.78, 5) is 0. The molecule has 0 aliphatic heterocycles. The summed E-state index contributed by atoms with van der Waals surface area (Å²) >= 11 is 0.